The van der Waals surface area contributed by atoms with Gasteiger partial charge in [-0.05, 0) is 12.8 Å². The molecule has 1 heterocycles. The summed E-state index contributed by atoms with van der Waals surface area (Å²) in [5, 5.41) is 0. The predicted octanol–water partition coefficient (Wildman–Crippen LogP) is 0.797. The molecule has 0 unspecified atom stereocenters. The minimum Gasteiger partial charge on any atom is -0.381 e. The van der Waals surface area contributed by atoms with Gasteiger partial charge in [-0.2, -0.15) is 0 Å². The fraction of sp³-hybridized carbons (Fsp3) is 1.00. The molecule has 1 nitrogen and oxygen atoms in total. The van der Waals surface area contributed by atoms with E-state index in [1.54, 1.807) is 0 Å². The maximum atomic E-state index is 7.01. The molecule has 0 aromatic carbocycles. The first-order valence-electron chi connectivity index (χ1n) is 2.47. The molecule has 0 aromatic heterocycles. The number of rotatable bonds is 0. The SMILES string of the molecule is [2H][C@@H]1CCOC1. The van der Waals surface area contributed by atoms with Gasteiger partial charge in [-0.25, -0.2) is 0 Å². The molecule has 0 aliphatic carbocycles. The van der Waals surface area contributed by atoms with Crippen molar-refractivity contribution in [2.75, 3.05) is 13.2 Å². The normalized spacial score (nSPS) is 41.6. The third-order valence-electron chi connectivity index (χ3n) is 0.702. The molecule has 1 atom stereocenters. The molecule has 1 rings (SSSR count). The van der Waals surface area contributed by atoms with E-state index in [0.29, 0.717) is 6.61 Å². The quantitative estimate of drug-likeness (QED) is 0.412. The van der Waals surface area contributed by atoms with Gasteiger partial charge in [0.2, 0.25) is 0 Å². The summed E-state index contributed by atoms with van der Waals surface area (Å²) in [7, 11) is 0. The highest BCUT2D eigenvalue weighted by Gasteiger charge is 1.94. The smallest absolute Gasteiger partial charge is 0.0466 e. The molecule has 1 aliphatic rings. The molecule has 0 saturated carbocycles. The number of ether oxygens (including phenoxy) is 1. The lowest BCUT2D eigenvalue weighted by Gasteiger charge is -1.76. The molecule has 0 aromatic rings. The molecule has 0 N–H and O–H groups in total. The largest absolute Gasteiger partial charge is 0.381 e. The first-order valence-corrected chi connectivity index (χ1v) is 1.89. The second-order valence-electron chi connectivity index (χ2n) is 1.15. The average molecular weight is 73.1 g/mol. The van der Waals surface area contributed by atoms with Crippen LogP contribution >= 0.6 is 0 Å². The van der Waals surface area contributed by atoms with Gasteiger partial charge in [0.15, 0.2) is 0 Å². The fourth-order valence-electron chi connectivity index (χ4n) is 0.417. The van der Waals surface area contributed by atoms with Crippen molar-refractivity contribution in [2.24, 2.45) is 0 Å². The van der Waals surface area contributed by atoms with Crippen LogP contribution in [0.2, 0.25) is 0 Å². The lowest BCUT2D eigenvalue weighted by atomic mass is 10.4. The first-order chi connectivity index (χ1) is 2.89. The Kier molecular flexibility index (Phi) is 0.618. The standard InChI is InChI=1S/C4H8O/c1-2-4-5-3-1/h1-4H2/i1D/t1-/m1/s1. The zero-order valence-corrected chi connectivity index (χ0v) is 3.11. The zero-order chi connectivity index (χ0) is 4.41. The summed E-state index contributed by atoms with van der Waals surface area (Å²) in [4.78, 5) is 0. The van der Waals surface area contributed by atoms with Crippen molar-refractivity contribution in [1.82, 2.24) is 0 Å². The highest BCUT2D eigenvalue weighted by Crippen LogP contribution is 1.98. The predicted molar refractivity (Wildman–Crippen MR) is 20.1 cm³/mol. The average Bonchev–Trinajstić information content (AvgIpc) is 1.86. The number of hydrogen-bond donors (Lipinski definition) is 0. The second-order valence-corrected chi connectivity index (χ2v) is 1.15. The second kappa shape index (κ2) is 1.41. The van der Waals surface area contributed by atoms with E-state index >= 15 is 0 Å². The van der Waals surface area contributed by atoms with Gasteiger partial charge in [-0.3, -0.25) is 0 Å². The zero-order valence-electron chi connectivity index (χ0n) is 4.11. The molecule has 1 heteroatoms. The van der Waals surface area contributed by atoms with Crippen LogP contribution in [-0.4, -0.2) is 13.2 Å². The van der Waals surface area contributed by atoms with E-state index in [1.807, 2.05) is 0 Å². The van der Waals surface area contributed by atoms with E-state index in [-0.39, 0.29) is 6.40 Å². The minimum absolute atomic E-state index is 0.0741. The lowest BCUT2D eigenvalue weighted by molar-refractivity contribution is 0.198. The van der Waals surface area contributed by atoms with Crippen LogP contribution in [0.25, 0.3) is 0 Å². The monoisotopic (exact) mass is 73.1 g/mol. The topological polar surface area (TPSA) is 9.23 Å². The Morgan fingerprint density at radius 2 is 2.60 bits per heavy atom. The van der Waals surface area contributed by atoms with Gasteiger partial charge in [0.25, 0.3) is 0 Å². The molecule has 30 valence electrons. The molecule has 0 radical (unpaired) electrons. The van der Waals surface area contributed by atoms with Gasteiger partial charge in [0.1, 0.15) is 0 Å². The molecule has 0 amide bonds. The van der Waals surface area contributed by atoms with E-state index in [0.717, 1.165) is 13.0 Å². The molecular weight excluding hydrogens is 64.0 g/mol. The Bertz CT molecular complexity index is 40.8. The highest BCUT2D eigenvalue weighted by atomic mass is 16.5. The Hall–Kier alpha value is -0.0400. The summed E-state index contributed by atoms with van der Waals surface area (Å²) < 4.78 is 11.9. The van der Waals surface area contributed by atoms with Crippen molar-refractivity contribution in [2.45, 2.75) is 12.8 Å². The molecule has 1 saturated heterocycles. The van der Waals surface area contributed by atoms with E-state index in [4.69, 9.17) is 6.11 Å². The lowest BCUT2D eigenvalue weighted by Crippen LogP contribution is -1.74. The van der Waals surface area contributed by atoms with Crippen molar-refractivity contribution in [3.63, 3.8) is 0 Å². The van der Waals surface area contributed by atoms with E-state index in [2.05, 4.69) is 0 Å². The summed E-state index contributed by atoms with van der Waals surface area (Å²) in [6.07, 6.45) is 1.00. The van der Waals surface area contributed by atoms with Crippen LogP contribution in [0, 0.1) is 0 Å². The maximum absolute atomic E-state index is 7.01. The fourth-order valence-corrected chi connectivity index (χ4v) is 0.417. The van der Waals surface area contributed by atoms with E-state index in [1.165, 1.54) is 0 Å². The minimum atomic E-state index is 0.0741. The van der Waals surface area contributed by atoms with Crippen molar-refractivity contribution in [3.05, 3.63) is 0 Å². The highest BCUT2D eigenvalue weighted by molar-refractivity contribution is 4.43. The van der Waals surface area contributed by atoms with Crippen molar-refractivity contribution < 1.29 is 6.11 Å². The van der Waals surface area contributed by atoms with Gasteiger partial charge < -0.3 is 4.74 Å². The number of hydrogen-bond acceptors (Lipinski definition) is 1. The molecule has 1 fully saturated rings. The summed E-state index contributed by atoms with van der Waals surface area (Å²) in [5.41, 5.74) is 0. The molecule has 5 heavy (non-hydrogen) atoms. The van der Waals surface area contributed by atoms with Crippen LogP contribution < -0.4 is 0 Å². The molecule has 1 aliphatic heterocycles. The van der Waals surface area contributed by atoms with E-state index < -0.39 is 0 Å². The van der Waals surface area contributed by atoms with Gasteiger partial charge in [0.05, 0.1) is 0 Å². The maximum Gasteiger partial charge on any atom is 0.0466 e. The Balaban J connectivity index is 2.18. The summed E-state index contributed by atoms with van der Waals surface area (Å²) in [6, 6.07) is 0. The third-order valence-corrected chi connectivity index (χ3v) is 0.702. The molecule has 0 bridgehead atoms. The Morgan fingerprint density at radius 1 is 1.60 bits per heavy atom. The Labute approximate surface area is 33.3 Å². The van der Waals surface area contributed by atoms with Gasteiger partial charge in [-0.15, -0.1) is 0 Å². The molecular formula is C4H8O. The van der Waals surface area contributed by atoms with Crippen molar-refractivity contribution in [3.8, 4) is 0 Å². The van der Waals surface area contributed by atoms with E-state index in [9.17, 15) is 0 Å². The van der Waals surface area contributed by atoms with Gasteiger partial charge in [-0.1, -0.05) is 0 Å². The Morgan fingerprint density at radius 3 is 2.80 bits per heavy atom. The summed E-state index contributed by atoms with van der Waals surface area (Å²) in [5.74, 6) is 0. The van der Waals surface area contributed by atoms with Gasteiger partial charge >= 0.3 is 0 Å². The van der Waals surface area contributed by atoms with Crippen molar-refractivity contribution >= 4 is 0 Å². The van der Waals surface area contributed by atoms with Crippen LogP contribution in [0.4, 0.5) is 0 Å². The first kappa shape index (κ1) is 2.19. The summed E-state index contributed by atoms with van der Waals surface area (Å²) >= 11 is 0. The van der Waals surface area contributed by atoms with Crippen LogP contribution in [0.15, 0.2) is 0 Å². The van der Waals surface area contributed by atoms with Gasteiger partial charge in [0, 0.05) is 14.6 Å². The van der Waals surface area contributed by atoms with Crippen molar-refractivity contribution in [1.29, 1.82) is 0 Å². The van der Waals surface area contributed by atoms with Crippen LogP contribution in [0.3, 0.4) is 0 Å². The summed E-state index contributed by atoms with van der Waals surface area (Å²) in [6.45, 7) is 1.45. The van der Waals surface area contributed by atoms with Crippen LogP contribution in [-0.2, 0) is 4.74 Å². The van der Waals surface area contributed by atoms with Crippen LogP contribution in [0.5, 0.6) is 0 Å². The molecule has 0 spiro atoms. The third kappa shape index (κ3) is 0.618. The van der Waals surface area contributed by atoms with Crippen LogP contribution in [0.1, 0.15) is 14.2 Å².